The molecule has 176 valence electrons. The molecule has 3 aromatic rings. The van der Waals surface area contributed by atoms with Crippen molar-refractivity contribution in [3.8, 4) is 0 Å². The lowest BCUT2D eigenvalue weighted by Crippen LogP contribution is -2.35. The minimum absolute atomic E-state index is 0.123. The third kappa shape index (κ3) is 4.83. The molecule has 0 amide bonds. The Morgan fingerprint density at radius 2 is 1.79 bits per heavy atom. The van der Waals surface area contributed by atoms with E-state index in [9.17, 15) is 14.9 Å². The molecule has 1 aromatic heterocycles. The van der Waals surface area contributed by atoms with Crippen molar-refractivity contribution in [3.63, 3.8) is 0 Å². The van der Waals surface area contributed by atoms with E-state index in [0.29, 0.717) is 36.1 Å². The quantitative estimate of drug-likeness (QED) is 0.290. The highest BCUT2D eigenvalue weighted by Crippen LogP contribution is 2.39. The summed E-state index contributed by atoms with van der Waals surface area (Å²) in [6.45, 7) is 1.36. The summed E-state index contributed by atoms with van der Waals surface area (Å²) in [7, 11) is 2.94. The molecule has 9 heteroatoms. The zero-order valence-corrected chi connectivity index (χ0v) is 19.3. The van der Waals surface area contributed by atoms with Gasteiger partial charge < -0.3 is 14.5 Å². The fourth-order valence-corrected chi connectivity index (χ4v) is 4.46. The van der Waals surface area contributed by atoms with Crippen molar-refractivity contribution >= 4 is 29.0 Å². The summed E-state index contributed by atoms with van der Waals surface area (Å²) in [5, 5.41) is 12.2. The van der Waals surface area contributed by atoms with Gasteiger partial charge in [0.1, 0.15) is 6.33 Å². The van der Waals surface area contributed by atoms with Crippen LogP contribution in [0.25, 0.3) is 0 Å². The van der Waals surface area contributed by atoms with Gasteiger partial charge in [0.2, 0.25) is 11.6 Å². The molecule has 0 spiro atoms. The maximum Gasteiger partial charge on any atom is 0.353 e. The van der Waals surface area contributed by atoms with E-state index in [1.165, 1.54) is 23.9 Å². The largest absolute Gasteiger partial charge is 0.465 e. The van der Waals surface area contributed by atoms with Gasteiger partial charge in [-0.3, -0.25) is 10.1 Å². The van der Waals surface area contributed by atoms with Gasteiger partial charge in [-0.15, -0.1) is 0 Å². The minimum Gasteiger partial charge on any atom is -0.465 e. The number of ether oxygens (including phenoxy) is 1. The van der Waals surface area contributed by atoms with E-state index in [-0.39, 0.29) is 11.5 Å². The molecule has 2 aromatic carbocycles. The van der Waals surface area contributed by atoms with Crippen molar-refractivity contribution in [1.29, 1.82) is 0 Å². The first-order chi connectivity index (χ1) is 16.5. The van der Waals surface area contributed by atoms with Crippen LogP contribution >= 0.6 is 0 Å². The first-order valence-corrected chi connectivity index (χ1v) is 11.2. The second-order valence-electron chi connectivity index (χ2n) is 8.31. The molecule has 34 heavy (non-hydrogen) atoms. The van der Waals surface area contributed by atoms with Crippen LogP contribution in [0.4, 0.5) is 23.0 Å². The molecule has 0 saturated carbocycles. The first kappa shape index (κ1) is 23.2. The molecule has 0 N–H and O–H groups in total. The lowest BCUT2D eigenvalue weighted by atomic mass is 9.90. The van der Waals surface area contributed by atoms with Crippen LogP contribution in [0.2, 0.25) is 0 Å². The van der Waals surface area contributed by atoms with Gasteiger partial charge in [0, 0.05) is 20.1 Å². The topological polar surface area (TPSA) is 102 Å². The summed E-state index contributed by atoms with van der Waals surface area (Å²) >= 11 is 0. The second-order valence-corrected chi connectivity index (χ2v) is 8.31. The Balaban J connectivity index is 1.59. The number of carbonyl (C=O) groups excluding carboxylic acids is 1. The summed E-state index contributed by atoms with van der Waals surface area (Å²) in [5.74, 6) is 0.418. The van der Waals surface area contributed by atoms with Gasteiger partial charge in [0.15, 0.2) is 0 Å². The average molecular weight is 462 g/mol. The molecule has 9 nitrogen and oxygen atoms in total. The standard InChI is InChI=1S/C25H27N5O4/c1-28(21-11-7-6-10-20(21)25(31)34-2)23-22(30(32)33)24(27-17-26-23)29-14-12-19(13-15-29)16-18-8-4-3-5-9-18/h3-11,17,19H,12-16H2,1-2H3. The van der Waals surface area contributed by atoms with Crippen LogP contribution in [-0.2, 0) is 11.2 Å². The monoisotopic (exact) mass is 461 g/mol. The molecular weight excluding hydrogens is 434 g/mol. The van der Waals surface area contributed by atoms with Gasteiger partial charge in [-0.05, 0) is 42.9 Å². The molecule has 0 bridgehead atoms. The van der Waals surface area contributed by atoms with Crippen molar-refractivity contribution in [2.45, 2.75) is 19.3 Å². The highest BCUT2D eigenvalue weighted by Gasteiger charge is 2.32. The smallest absolute Gasteiger partial charge is 0.353 e. The van der Waals surface area contributed by atoms with E-state index >= 15 is 0 Å². The van der Waals surface area contributed by atoms with Crippen LogP contribution in [0.15, 0.2) is 60.9 Å². The number of nitrogens with zero attached hydrogens (tertiary/aromatic N) is 5. The van der Waals surface area contributed by atoms with Crippen LogP contribution in [0.3, 0.4) is 0 Å². The van der Waals surface area contributed by atoms with Crippen LogP contribution in [0, 0.1) is 16.0 Å². The molecule has 0 radical (unpaired) electrons. The van der Waals surface area contributed by atoms with Gasteiger partial charge in [-0.1, -0.05) is 42.5 Å². The van der Waals surface area contributed by atoms with Crippen molar-refractivity contribution in [2.24, 2.45) is 5.92 Å². The van der Waals surface area contributed by atoms with Crippen LogP contribution in [-0.4, -0.2) is 48.1 Å². The SMILES string of the molecule is COC(=O)c1ccccc1N(C)c1ncnc(N2CCC(Cc3ccccc3)CC2)c1[N+](=O)[O-]. The summed E-state index contributed by atoms with van der Waals surface area (Å²) in [4.78, 5) is 36.0. The number of hydrogen-bond acceptors (Lipinski definition) is 8. The first-order valence-electron chi connectivity index (χ1n) is 11.2. The predicted molar refractivity (Wildman–Crippen MR) is 130 cm³/mol. The van der Waals surface area contributed by atoms with Crippen LogP contribution < -0.4 is 9.80 Å². The predicted octanol–water partition coefficient (Wildman–Crippen LogP) is 4.40. The minimum atomic E-state index is -0.528. The van der Waals surface area contributed by atoms with E-state index in [0.717, 1.165) is 19.3 Å². The highest BCUT2D eigenvalue weighted by atomic mass is 16.6. The molecule has 0 atom stereocenters. The number of rotatable bonds is 7. The summed E-state index contributed by atoms with van der Waals surface area (Å²) in [6.07, 6.45) is 4.18. The summed E-state index contributed by atoms with van der Waals surface area (Å²) in [5.41, 5.74) is 1.89. The number of piperidine rings is 1. The number of anilines is 3. The number of para-hydroxylation sites is 1. The van der Waals surface area contributed by atoms with E-state index in [4.69, 9.17) is 4.74 Å². The van der Waals surface area contributed by atoms with Gasteiger partial charge in [-0.25, -0.2) is 14.8 Å². The number of nitro groups is 1. The lowest BCUT2D eigenvalue weighted by molar-refractivity contribution is -0.383. The molecule has 1 fully saturated rings. The van der Waals surface area contributed by atoms with Crippen molar-refractivity contribution in [3.05, 3.63) is 82.2 Å². The zero-order chi connectivity index (χ0) is 24.1. The number of hydrogen-bond donors (Lipinski definition) is 0. The number of methoxy groups -OCH3 is 1. The highest BCUT2D eigenvalue weighted by molar-refractivity contribution is 5.97. The maximum absolute atomic E-state index is 12.2. The van der Waals surface area contributed by atoms with Gasteiger partial charge in [-0.2, -0.15) is 0 Å². The second kappa shape index (κ2) is 10.3. The summed E-state index contributed by atoms with van der Waals surface area (Å²) < 4.78 is 4.87. The molecular formula is C25H27N5O4. The number of esters is 1. The van der Waals surface area contributed by atoms with Gasteiger partial charge in [0.25, 0.3) is 0 Å². The number of aromatic nitrogens is 2. The van der Waals surface area contributed by atoms with E-state index in [2.05, 4.69) is 22.1 Å². The van der Waals surface area contributed by atoms with Crippen molar-refractivity contribution < 1.29 is 14.5 Å². The maximum atomic E-state index is 12.2. The molecule has 2 heterocycles. The van der Waals surface area contributed by atoms with Crippen LogP contribution in [0.5, 0.6) is 0 Å². The molecule has 1 aliphatic heterocycles. The zero-order valence-electron chi connectivity index (χ0n) is 19.3. The van der Waals surface area contributed by atoms with Crippen molar-refractivity contribution in [2.75, 3.05) is 37.0 Å². The van der Waals surface area contributed by atoms with E-state index in [1.54, 1.807) is 31.3 Å². The summed E-state index contributed by atoms with van der Waals surface area (Å²) in [6, 6.07) is 17.2. The Morgan fingerprint density at radius 1 is 1.12 bits per heavy atom. The van der Waals surface area contributed by atoms with Crippen LogP contribution in [0.1, 0.15) is 28.8 Å². The third-order valence-electron chi connectivity index (χ3n) is 6.24. The Bertz CT molecular complexity index is 1160. The molecule has 0 aliphatic carbocycles. The normalized spacial score (nSPS) is 14.0. The van der Waals surface area contributed by atoms with Gasteiger partial charge >= 0.3 is 11.7 Å². The number of benzene rings is 2. The van der Waals surface area contributed by atoms with Gasteiger partial charge in [0.05, 0.1) is 23.3 Å². The molecule has 1 saturated heterocycles. The fraction of sp³-hybridized carbons (Fsp3) is 0.320. The van der Waals surface area contributed by atoms with E-state index < -0.39 is 10.9 Å². The fourth-order valence-electron chi connectivity index (χ4n) is 4.46. The van der Waals surface area contributed by atoms with Crippen molar-refractivity contribution in [1.82, 2.24) is 9.97 Å². The van der Waals surface area contributed by atoms with E-state index in [1.807, 2.05) is 23.1 Å². The molecule has 0 unspecified atom stereocenters. The Labute approximate surface area is 198 Å². The lowest BCUT2D eigenvalue weighted by Gasteiger charge is -2.33. The molecule has 4 rings (SSSR count). The Kier molecular flexibility index (Phi) is 7.01. The average Bonchev–Trinajstić information content (AvgIpc) is 2.88. The Hall–Kier alpha value is -4.01. The number of carbonyl (C=O) groups is 1. The Morgan fingerprint density at radius 3 is 2.47 bits per heavy atom. The molecule has 1 aliphatic rings. The third-order valence-corrected chi connectivity index (χ3v) is 6.24.